The molecule has 0 saturated carbocycles. The fourth-order valence-electron chi connectivity index (χ4n) is 4.55. The van der Waals surface area contributed by atoms with Crippen LogP contribution in [-0.4, -0.2) is 46.2 Å². The Hall–Kier alpha value is -3.30. The number of rotatable bonds is 10. The number of tetrazole rings is 1. The molecule has 2 N–H and O–H groups in total. The van der Waals surface area contributed by atoms with E-state index in [9.17, 15) is 9.46 Å². The van der Waals surface area contributed by atoms with E-state index in [0.29, 0.717) is 24.6 Å². The summed E-state index contributed by atoms with van der Waals surface area (Å²) in [6, 6.07) is 15.9. The number of aromatic nitrogens is 7. The number of hydrogen-bond acceptors (Lipinski definition) is 6. The van der Waals surface area contributed by atoms with Crippen molar-refractivity contribution in [1.82, 2.24) is 34.7 Å². The highest BCUT2D eigenvalue weighted by Gasteiger charge is 2.33. The largest absolute Gasteiger partial charge is 0.378 e. The summed E-state index contributed by atoms with van der Waals surface area (Å²) >= 11 is 6.42. The van der Waals surface area contributed by atoms with Gasteiger partial charge in [0.25, 0.3) is 0 Å². The molecule has 1 atom stereocenters. The average Bonchev–Trinajstić information content (AvgIpc) is 3.62. The van der Waals surface area contributed by atoms with Crippen molar-refractivity contribution in [3.05, 3.63) is 71.3 Å². The number of unbranched alkanes of at least 4 members (excludes halogenated alkanes) is 1. The Balaban J connectivity index is 1.62. The van der Waals surface area contributed by atoms with Crippen molar-refractivity contribution in [3.8, 4) is 17.1 Å². The lowest BCUT2D eigenvalue weighted by molar-refractivity contribution is 0.282. The van der Waals surface area contributed by atoms with Crippen molar-refractivity contribution < 1.29 is 14.0 Å². The number of imidazole rings is 1. The number of fused-ring (bicyclic) bond motifs is 1. The number of H-pyrrole nitrogens is 1. The van der Waals surface area contributed by atoms with Gasteiger partial charge in [-0.1, -0.05) is 49.2 Å². The van der Waals surface area contributed by atoms with Crippen LogP contribution >= 0.6 is 19.2 Å². The number of para-hydroxylation sites is 1. The Labute approximate surface area is 218 Å². The quantitative estimate of drug-likeness (QED) is 0.242. The van der Waals surface area contributed by atoms with Gasteiger partial charge >= 0.3 is 7.60 Å². The molecule has 0 aliphatic rings. The Bertz CT molecular complexity index is 1580. The molecule has 1 unspecified atom stereocenters. The van der Waals surface area contributed by atoms with Crippen LogP contribution in [0.4, 0.5) is 0 Å². The van der Waals surface area contributed by atoms with Gasteiger partial charge in [0.2, 0.25) is 5.82 Å². The van der Waals surface area contributed by atoms with Gasteiger partial charge in [0, 0.05) is 23.6 Å². The SMILES string of the molecule is CCCCc1nc(Cl)c(P(=O)(O)OCC)n1Cc1cccc2c1ccn2-c1ccccc1-c1nn[nH]n1. The third-order valence-corrected chi connectivity index (χ3v) is 8.20. The second-order valence-electron chi connectivity index (χ2n) is 8.56. The maximum absolute atomic E-state index is 13.1. The fraction of sp³-hybridized carbons (Fsp3) is 0.280. The first-order valence-corrected chi connectivity index (χ1v) is 14.0. The highest BCUT2D eigenvalue weighted by Crippen LogP contribution is 2.43. The summed E-state index contributed by atoms with van der Waals surface area (Å²) in [5, 5.41) is 15.5. The van der Waals surface area contributed by atoms with Crippen molar-refractivity contribution in [2.75, 3.05) is 6.61 Å². The third-order valence-electron chi connectivity index (χ3n) is 6.21. The summed E-state index contributed by atoms with van der Waals surface area (Å²) in [5.41, 5.74) is 3.69. The van der Waals surface area contributed by atoms with Gasteiger partial charge in [-0.2, -0.15) is 5.21 Å². The molecule has 2 aromatic carbocycles. The van der Waals surface area contributed by atoms with E-state index in [1.165, 1.54) is 0 Å². The third kappa shape index (κ3) is 4.85. The van der Waals surface area contributed by atoms with E-state index in [4.69, 9.17) is 16.1 Å². The first-order chi connectivity index (χ1) is 17.9. The molecule has 3 heterocycles. The van der Waals surface area contributed by atoms with Crippen LogP contribution in [0.5, 0.6) is 0 Å². The molecule has 0 radical (unpaired) electrons. The molecule has 0 bridgehead atoms. The van der Waals surface area contributed by atoms with Crippen LogP contribution in [0.1, 0.15) is 38.1 Å². The lowest BCUT2D eigenvalue weighted by Crippen LogP contribution is -2.22. The zero-order chi connectivity index (χ0) is 26.0. The molecule has 5 aromatic rings. The molecule has 3 aromatic heterocycles. The predicted molar refractivity (Wildman–Crippen MR) is 142 cm³/mol. The van der Waals surface area contributed by atoms with Gasteiger partial charge in [-0.05, 0) is 48.4 Å². The second kappa shape index (κ2) is 10.6. The molecular weight excluding hydrogens is 513 g/mol. The van der Waals surface area contributed by atoms with Gasteiger partial charge in [0.1, 0.15) is 5.82 Å². The second-order valence-corrected chi connectivity index (χ2v) is 10.6. The van der Waals surface area contributed by atoms with Gasteiger partial charge in [0.15, 0.2) is 10.6 Å². The number of aromatic amines is 1. The molecular formula is C25H27ClN7O3P. The highest BCUT2D eigenvalue weighted by molar-refractivity contribution is 7.61. The Kier molecular flexibility index (Phi) is 7.26. The Morgan fingerprint density at radius 1 is 1.14 bits per heavy atom. The molecule has 12 heteroatoms. The van der Waals surface area contributed by atoms with Gasteiger partial charge < -0.3 is 18.6 Å². The smallest absolute Gasteiger partial charge is 0.320 e. The number of aryl methyl sites for hydroxylation is 1. The summed E-state index contributed by atoms with van der Waals surface area (Å²) in [5.74, 6) is 1.16. The molecule has 192 valence electrons. The minimum Gasteiger partial charge on any atom is -0.320 e. The van der Waals surface area contributed by atoms with E-state index in [1.54, 1.807) is 11.5 Å². The lowest BCUT2D eigenvalue weighted by atomic mass is 10.1. The number of nitrogens with one attached hydrogen (secondary N) is 1. The van der Waals surface area contributed by atoms with Gasteiger partial charge in [-0.3, -0.25) is 4.57 Å². The summed E-state index contributed by atoms with van der Waals surface area (Å²) in [4.78, 5) is 15.2. The summed E-state index contributed by atoms with van der Waals surface area (Å²) in [7, 11) is -4.17. The summed E-state index contributed by atoms with van der Waals surface area (Å²) in [6.45, 7) is 4.16. The van der Waals surface area contributed by atoms with Gasteiger partial charge in [-0.15, -0.1) is 10.2 Å². The van der Waals surface area contributed by atoms with Crippen LogP contribution in [0.3, 0.4) is 0 Å². The molecule has 0 spiro atoms. The molecule has 37 heavy (non-hydrogen) atoms. The molecule has 5 rings (SSSR count). The van der Waals surface area contributed by atoms with E-state index < -0.39 is 7.60 Å². The van der Waals surface area contributed by atoms with Crippen molar-refractivity contribution in [2.24, 2.45) is 0 Å². The maximum atomic E-state index is 13.1. The van der Waals surface area contributed by atoms with Crippen LogP contribution in [0.15, 0.2) is 54.7 Å². The minimum absolute atomic E-state index is 0.00386. The number of hydrogen-bond donors (Lipinski definition) is 2. The number of halogens is 1. The standard InChI is InChI=1S/C25H27ClN7O3P/c1-3-5-13-22-27-23(26)25(37(34,35)36-4-2)33(22)16-17-9-8-12-20-18(17)14-15-32(20)21-11-7-6-10-19(21)24-28-30-31-29-24/h6-12,14-15H,3-5,13,16H2,1-2H3,(H,34,35)(H,28,29,30,31). The molecule has 0 saturated heterocycles. The topological polar surface area (TPSA) is 124 Å². The zero-order valence-electron chi connectivity index (χ0n) is 20.5. The lowest BCUT2D eigenvalue weighted by Gasteiger charge is -2.17. The first-order valence-electron chi connectivity index (χ1n) is 12.1. The van der Waals surface area contributed by atoms with Crippen molar-refractivity contribution in [1.29, 1.82) is 0 Å². The van der Waals surface area contributed by atoms with E-state index in [1.807, 2.05) is 54.7 Å². The molecule has 0 fully saturated rings. The van der Waals surface area contributed by atoms with Gasteiger partial charge in [-0.25, -0.2) is 4.98 Å². The summed E-state index contributed by atoms with van der Waals surface area (Å²) in [6.07, 6.45) is 4.46. The first kappa shape index (κ1) is 25.4. The Morgan fingerprint density at radius 3 is 2.73 bits per heavy atom. The zero-order valence-corrected chi connectivity index (χ0v) is 22.2. The minimum atomic E-state index is -4.17. The van der Waals surface area contributed by atoms with Crippen molar-refractivity contribution in [3.63, 3.8) is 0 Å². The van der Waals surface area contributed by atoms with E-state index in [-0.39, 0.29) is 17.2 Å². The van der Waals surface area contributed by atoms with Crippen LogP contribution in [0.25, 0.3) is 28.0 Å². The maximum Gasteiger partial charge on any atom is 0.378 e. The number of nitrogens with zero attached hydrogens (tertiary/aromatic N) is 6. The molecule has 0 amide bonds. The predicted octanol–water partition coefficient (Wildman–Crippen LogP) is 4.90. The van der Waals surface area contributed by atoms with Crippen molar-refractivity contribution >= 4 is 35.5 Å². The van der Waals surface area contributed by atoms with Crippen LogP contribution < -0.4 is 5.44 Å². The molecule has 0 aliphatic heterocycles. The van der Waals surface area contributed by atoms with E-state index >= 15 is 0 Å². The van der Waals surface area contributed by atoms with E-state index in [2.05, 4.69) is 37.1 Å². The normalized spacial score (nSPS) is 13.3. The Morgan fingerprint density at radius 2 is 1.97 bits per heavy atom. The van der Waals surface area contributed by atoms with Gasteiger partial charge in [0.05, 0.1) is 24.4 Å². The fourth-order valence-corrected chi connectivity index (χ4v) is 6.32. The number of benzene rings is 2. The van der Waals surface area contributed by atoms with Crippen molar-refractivity contribution in [2.45, 2.75) is 39.7 Å². The summed E-state index contributed by atoms with van der Waals surface area (Å²) < 4.78 is 22.1. The molecule has 0 aliphatic carbocycles. The van der Waals surface area contributed by atoms with Crippen LogP contribution in [0, 0.1) is 0 Å². The van der Waals surface area contributed by atoms with Crippen LogP contribution in [0.2, 0.25) is 5.15 Å². The monoisotopic (exact) mass is 539 g/mol. The highest BCUT2D eigenvalue weighted by atomic mass is 35.5. The molecule has 10 nitrogen and oxygen atoms in total. The van der Waals surface area contributed by atoms with E-state index in [0.717, 1.165) is 40.6 Å². The van der Waals surface area contributed by atoms with Crippen LogP contribution in [-0.2, 0) is 22.1 Å². The average molecular weight is 540 g/mol.